The van der Waals surface area contributed by atoms with Crippen molar-refractivity contribution in [2.45, 2.75) is 17.8 Å². The van der Waals surface area contributed by atoms with Gasteiger partial charge in [-0.2, -0.15) is 0 Å². The molecule has 9 rings (SSSR count). The number of fused-ring (bicyclic) bond motifs is 6. The smallest absolute Gasteiger partial charge is 0.146 e. The van der Waals surface area contributed by atoms with E-state index in [-0.39, 0.29) is 12.2 Å². The van der Waals surface area contributed by atoms with E-state index in [1.54, 1.807) is 6.08 Å². The van der Waals surface area contributed by atoms with Gasteiger partial charge in [-0.15, -0.1) is 0 Å². The van der Waals surface area contributed by atoms with Crippen LogP contribution in [0.15, 0.2) is 104 Å². The topological polar surface area (TPSA) is 25.1 Å². The van der Waals surface area contributed by atoms with Crippen molar-refractivity contribution in [1.29, 1.82) is 0 Å². The second-order valence-electron chi connectivity index (χ2n) is 12.3. The number of ether oxygens (including phenoxy) is 2. The van der Waals surface area contributed by atoms with Crippen LogP contribution < -0.4 is 0 Å². The van der Waals surface area contributed by atoms with Gasteiger partial charge in [0.2, 0.25) is 0 Å². The zero-order valence-corrected chi connectivity index (χ0v) is 28.4. The SMILES string of the molecule is C=C/C=C1\c2cc(Cl)ccc2-c2c1cc(Cl)cc2C1(C2OC2c2cc(Cl)cc3c2-c2ccc(Cl)cc2/C3=C/c2ccc(Cl)cc2)CO1. The Morgan fingerprint density at radius 2 is 1.19 bits per heavy atom. The summed E-state index contributed by atoms with van der Waals surface area (Å²) >= 11 is 32.9. The van der Waals surface area contributed by atoms with E-state index in [2.05, 4.69) is 24.8 Å². The predicted molar refractivity (Wildman–Crippen MR) is 195 cm³/mol. The van der Waals surface area contributed by atoms with Crippen molar-refractivity contribution in [3.8, 4) is 22.3 Å². The lowest BCUT2D eigenvalue weighted by molar-refractivity contribution is 0.237. The molecule has 0 aromatic heterocycles. The molecule has 0 N–H and O–H groups in total. The highest BCUT2D eigenvalue weighted by Crippen LogP contribution is 2.63. The lowest BCUT2D eigenvalue weighted by Crippen LogP contribution is -2.19. The predicted octanol–water partition coefficient (Wildman–Crippen LogP) is 12.5. The third-order valence-corrected chi connectivity index (χ3v) is 10.7. The molecule has 3 unspecified atom stereocenters. The molecule has 0 saturated carbocycles. The fourth-order valence-electron chi connectivity index (χ4n) is 7.45. The molecule has 0 amide bonds. The molecule has 47 heavy (non-hydrogen) atoms. The molecule has 5 aromatic carbocycles. The maximum atomic E-state index is 6.87. The summed E-state index contributed by atoms with van der Waals surface area (Å²) in [6, 6.07) is 27.9. The van der Waals surface area contributed by atoms with Crippen molar-refractivity contribution < 1.29 is 9.47 Å². The highest BCUT2D eigenvalue weighted by atomic mass is 35.5. The highest BCUT2D eigenvalue weighted by molar-refractivity contribution is 6.33. The molecule has 2 aliphatic heterocycles. The highest BCUT2D eigenvalue weighted by Gasteiger charge is 2.66. The third kappa shape index (κ3) is 4.70. The normalized spacial score (nSPS) is 23.0. The molecular weight excluding hydrogens is 690 g/mol. The van der Waals surface area contributed by atoms with Crippen LogP contribution in [0, 0.1) is 0 Å². The van der Waals surface area contributed by atoms with Gasteiger partial charge in [0.15, 0.2) is 0 Å². The summed E-state index contributed by atoms with van der Waals surface area (Å²) in [5.41, 5.74) is 13.0. The minimum absolute atomic E-state index is 0.240. The molecule has 4 aliphatic rings. The van der Waals surface area contributed by atoms with Gasteiger partial charge in [0, 0.05) is 25.1 Å². The van der Waals surface area contributed by atoms with E-state index in [0.717, 1.165) is 72.3 Å². The van der Waals surface area contributed by atoms with Gasteiger partial charge in [-0.3, -0.25) is 0 Å². The number of hydrogen-bond donors (Lipinski definition) is 0. The maximum Gasteiger partial charge on any atom is 0.146 e. The van der Waals surface area contributed by atoms with Crippen molar-refractivity contribution >= 4 is 75.2 Å². The van der Waals surface area contributed by atoms with Crippen molar-refractivity contribution in [1.82, 2.24) is 0 Å². The molecule has 5 aromatic rings. The summed E-state index contributed by atoms with van der Waals surface area (Å²) in [6.45, 7) is 4.47. The van der Waals surface area contributed by atoms with Crippen LogP contribution in [0.3, 0.4) is 0 Å². The summed E-state index contributed by atoms with van der Waals surface area (Å²) in [7, 11) is 0. The number of halogens is 5. The Morgan fingerprint density at radius 3 is 1.85 bits per heavy atom. The second kappa shape index (κ2) is 10.9. The van der Waals surface area contributed by atoms with Crippen LogP contribution in [-0.4, -0.2) is 12.7 Å². The molecule has 0 radical (unpaired) electrons. The van der Waals surface area contributed by atoms with Crippen LogP contribution >= 0.6 is 58.0 Å². The van der Waals surface area contributed by atoms with Gasteiger partial charge >= 0.3 is 0 Å². The van der Waals surface area contributed by atoms with Crippen LogP contribution in [0.1, 0.15) is 45.0 Å². The fraction of sp³-hybridized carbons (Fsp3) is 0.100. The van der Waals surface area contributed by atoms with Crippen molar-refractivity contribution in [2.24, 2.45) is 0 Å². The fourth-order valence-corrected chi connectivity index (χ4v) is 8.36. The molecule has 230 valence electrons. The van der Waals surface area contributed by atoms with E-state index in [1.165, 1.54) is 0 Å². The van der Waals surface area contributed by atoms with E-state index >= 15 is 0 Å². The number of epoxide rings is 2. The minimum atomic E-state index is -0.668. The van der Waals surface area contributed by atoms with E-state index in [9.17, 15) is 0 Å². The Hall–Kier alpha value is -3.31. The zero-order valence-electron chi connectivity index (χ0n) is 24.6. The van der Waals surface area contributed by atoms with Crippen LogP contribution in [0.5, 0.6) is 0 Å². The van der Waals surface area contributed by atoms with Gasteiger partial charge in [0.1, 0.15) is 17.8 Å². The molecule has 0 bridgehead atoms. The van der Waals surface area contributed by atoms with E-state index < -0.39 is 5.60 Å². The quantitative estimate of drug-likeness (QED) is 0.166. The van der Waals surface area contributed by atoms with Gasteiger partial charge in [-0.05, 0) is 139 Å². The van der Waals surface area contributed by atoms with Crippen molar-refractivity contribution in [3.63, 3.8) is 0 Å². The standard InChI is InChI=1S/C40H23Cl5O2/c1-2-3-26-30-13-22(42)9-11-28(30)37-32(26)16-25(45)18-35(37)40(19-46-40)39-38(47-39)34-17-24(44)15-33-29(12-20-4-6-21(41)7-5-20)31-14-23(43)8-10-27(31)36(33)34/h2-18,38-39H,1,19H2/b26-3+,29-12-. The molecule has 7 heteroatoms. The van der Waals surface area contributed by atoms with Crippen molar-refractivity contribution in [3.05, 3.63) is 168 Å². The monoisotopic (exact) mass is 710 g/mol. The number of hydrogen-bond acceptors (Lipinski definition) is 2. The van der Waals surface area contributed by atoms with Gasteiger partial charge in [-0.1, -0.05) is 101 Å². The van der Waals surface area contributed by atoms with Crippen LogP contribution in [-0.2, 0) is 15.1 Å². The molecule has 2 heterocycles. The Morgan fingerprint density at radius 1 is 0.617 bits per heavy atom. The second-order valence-corrected chi connectivity index (χ2v) is 14.4. The first-order chi connectivity index (χ1) is 22.8. The van der Waals surface area contributed by atoms with Crippen LogP contribution in [0.4, 0.5) is 0 Å². The van der Waals surface area contributed by atoms with Crippen LogP contribution in [0.2, 0.25) is 25.1 Å². The average molecular weight is 713 g/mol. The molecule has 3 atom stereocenters. The van der Waals surface area contributed by atoms with Crippen LogP contribution in [0.25, 0.3) is 39.5 Å². The lowest BCUT2D eigenvalue weighted by Gasteiger charge is -2.17. The van der Waals surface area contributed by atoms with E-state index in [4.69, 9.17) is 67.5 Å². The Kier molecular flexibility index (Phi) is 6.88. The molecule has 0 spiro atoms. The summed E-state index contributed by atoms with van der Waals surface area (Å²) in [5, 5.41) is 3.28. The minimum Gasteiger partial charge on any atom is -0.361 e. The first-order valence-corrected chi connectivity index (χ1v) is 17.0. The van der Waals surface area contributed by atoms with Gasteiger partial charge in [0.05, 0.1) is 6.61 Å². The molecule has 2 fully saturated rings. The van der Waals surface area contributed by atoms with E-state index in [0.29, 0.717) is 31.7 Å². The number of allylic oxidation sites excluding steroid dienone is 2. The third-order valence-electron chi connectivity index (χ3n) is 9.53. The number of rotatable bonds is 5. The Balaban J connectivity index is 1.17. The lowest BCUT2D eigenvalue weighted by atomic mass is 9.85. The number of benzene rings is 5. The Labute approximate surface area is 297 Å². The molecular formula is C40H23Cl5O2. The van der Waals surface area contributed by atoms with Gasteiger partial charge in [0.25, 0.3) is 0 Å². The largest absolute Gasteiger partial charge is 0.361 e. The summed E-state index contributed by atoms with van der Waals surface area (Å²) in [5.74, 6) is 0. The average Bonchev–Trinajstić information content (AvgIpc) is 3.97. The molecule has 2 nitrogen and oxygen atoms in total. The first kappa shape index (κ1) is 29.8. The summed E-state index contributed by atoms with van der Waals surface area (Å²) in [6.07, 6.45) is 5.47. The van der Waals surface area contributed by atoms with Gasteiger partial charge < -0.3 is 9.47 Å². The first-order valence-electron chi connectivity index (χ1n) is 15.1. The van der Waals surface area contributed by atoms with Gasteiger partial charge in [-0.25, -0.2) is 0 Å². The zero-order chi connectivity index (χ0) is 32.2. The maximum absolute atomic E-state index is 6.87. The summed E-state index contributed by atoms with van der Waals surface area (Å²) in [4.78, 5) is 0. The Bertz CT molecular complexity index is 2260. The summed E-state index contributed by atoms with van der Waals surface area (Å²) < 4.78 is 13.0. The molecule has 2 saturated heterocycles. The molecule has 2 aliphatic carbocycles. The van der Waals surface area contributed by atoms with E-state index in [1.807, 2.05) is 78.9 Å². The van der Waals surface area contributed by atoms with Crippen molar-refractivity contribution in [2.75, 3.05) is 6.61 Å².